The molecule has 1 aromatic carbocycles. The van der Waals surface area contributed by atoms with E-state index in [-0.39, 0.29) is 5.56 Å². The van der Waals surface area contributed by atoms with Crippen molar-refractivity contribution in [3.8, 4) is 0 Å². The fourth-order valence-electron chi connectivity index (χ4n) is 1.79. The number of nitrogens with zero attached hydrogens (tertiary/aromatic N) is 2. The van der Waals surface area contributed by atoms with Crippen LogP contribution < -0.4 is 0 Å². The molecule has 1 heterocycles. The minimum absolute atomic E-state index is 0.297. The molecular formula is C14H15FN2O2S. The van der Waals surface area contributed by atoms with Gasteiger partial charge in [0.2, 0.25) is 0 Å². The summed E-state index contributed by atoms with van der Waals surface area (Å²) in [4.78, 5) is 11.6. The van der Waals surface area contributed by atoms with E-state index in [1.165, 1.54) is 23.9 Å². The van der Waals surface area contributed by atoms with Gasteiger partial charge < -0.3 is 5.11 Å². The van der Waals surface area contributed by atoms with Crippen LogP contribution >= 0.6 is 11.8 Å². The lowest BCUT2D eigenvalue weighted by atomic mass is 10.2. The van der Waals surface area contributed by atoms with E-state index >= 15 is 0 Å². The standard InChI is InChI=1S/C14H15FN2O2S/c1-3-9-6-10(17(2)16-9)8-20-11-4-5-13(15)12(7-11)14(18)19/h4-7H,3,8H2,1-2H3,(H,18,19). The molecule has 20 heavy (non-hydrogen) atoms. The van der Waals surface area contributed by atoms with Crippen molar-refractivity contribution >= 4 is 17.7 Å². The minimum Gasteiger partial charge on any atom is -0.478 e. The normalized spacial score (nSPS) is 10.8. The fraction of sp³-hybridized carbons (Fsp3) is 0.286. The molecule has 6 heteroatoms. The van der Waals surface area contributed by atoms with E-state index in [0.29, 0.717) is 5.75 Å². The Balaban J connectivity index is 2.12. The number of carboxylic acid groups (broad SMARTS) is 1. The first-order chi connectivity index (χ1) is 9.51. The topological polar surface area (TPSA) is 55.1 Å². The number of carboxylic acids is 1. The van der Waals surface area contributed by atoms with E-state index in [4.69, 9.17) is 5.11 Å². The largest absolute Gasteiger partial charge is 0.478 e. The third-order valence-electron chi connectivity index (χ3n) is 2.94. The predicted molar refractivity (Wildman–Crippen MR) is 75.5 cm³/mol. The highest BCUT2D eigenvalue weighted by Gasteiger charge is 2.11. The van der Waals surface area contributed by atoms with E-state index in [1.807, 2.05) is 24.7 Å². The van der Waals surface area contributed by atoms with Gasteiger partial charge in [-0.1, -0.05) is 6.92 Å². The van der Waals surface area contributed by atoms with Crippen molar-refractivity contribution in [3.63, 3.8) is 0 Å². The number of hydrogen-bond acceptors (Lipinski definition) is 3. The zero-order chi connectivity index (χ0) is 14.7. The molecule has 1 aromatic heterocycles. The number of hydrogen-bond donors (Lipinski definition) is 1. The number of aromatic carboxylic acids is 1. The molecule has 0 aliphatic heterocycles. The summed E-state index contributed by atoms with van der Waals surface area (Å²) in [6.07, 6.45) is 0.873. The van der Waals surface area contributed by atoms with Crippen molar-refractivity contribution in [3.05, 3.63) is 47.0 Å². The SMILES string of the molecule is CCc1cc(CSc2ccc(F)c(C(=O)O)c2)n(C)n1. The number of benzene rings is 1. The Labute approximate surface area is 120 Å². The number of rotatable bonds is 5. The van der Waals surface area contributed by atoms with Crippen LogP contribution in [0.25, 0.3) is 0 Å². The van der Waals surface area contributed by atoms with Crippen molar-refractivity contribution in [2.75, 3.05) is 0 Å². The first-order valence-electron chi connectivity index (χ1n) is 6.18. The van der Waals surface area contributed by atoms with Gasteiger partial charge in [-0.25, -0.2) is 9.18 Å². The zero-order valence-electron chi connectivity index (χ0n) is 11.3. The van der Waals surface area contributed by atoms with Crippen LogP contribution in [0.2, 0.25) is 0 Å². The van der Waals surface area contributed by atoms with Crippen LogP contribution in [0.3, 0.4) is 0 Å². The zero-order valence-corrected chi connectivity index (χ0v) is 12.1. The molecule has 0 bridgehead atoms. The Hall–Kier alpha value is -1.82. The average molecular weight is 294 g/mol. The van der Waals surface area contributed by atoms with E-state index in [2.05, 4.69) is 5.10 Å². The van der Waals surface area contributed by atoms with Crippen LogP contribution in [0.5, 0.6) is 0 Å². The van der Waals surface area contributed by atoms with Crippen LogP contribution in [0.1, 0.15) is 28.7 Å². The highest BCUT2D eigenvalue weighted by molar-refractivity contribution is 7.98. The van der Waals surface area contributed by atoms with Crippen molar-refractivity contribution < 1.29 is 14.3 Å². The van der Waals surface area contributed by atoms with Gasteiger partial charge in [0, 0.05) is 23.4 Å². The number of carbonyl (C=O) groups is 1. The van der Waals surface area contributed by atoms with Crippen molar-refractivity contribution in [2.24, 2.45) is 7.05 Å². The van der Waals surface area contributed by atoms with Crippen LogP contribution in [0, 0.1) is 5.82 Å². The minimum atomic E-state index is -1.25. The highest BCUT2D eigenvalue weighted by atomic mass is 32.2. The maximum atomic E-state index is 13.3. The molecule has 0 atom stereocenters. The molecule has 0 aliphatic carbocycles. The molecule has 2 aromatic rings. The summed E-state index contributed by atoms with van der Waals surface area (Å²) in [7, 11) is 1.88. The third kappa shape index (κ3) is 3.19. The van der Waals surface area contributed by atoms with Crippen LogP contribution in [-0.2, 0) is 19.2 Å². The van der Waals surface area contributed by atoms with Crippen molar-refractivity contribution in [2.45, 2.75) is 24.0 Å². The second-order valence-corrected chi connectivity index (χ2v) is 5.39. The van der Waals surface area contributed by atoms with Crippen LogP contribution in [0.15, 0.2) is 29.2 Å². The van der Waals surface area contributed by atoms with Crippen molar-refractivity contribution in [1.29, 1.82) is 0 Å². The lowest BCUT2D eigenvalue weighted by molar-refractivity contribution is 0.0691. The highest BCUT2D eigenvalue weighted by Crippen LogP contribution is 2.25. The third-order valence-corrected chi connectivity index (χ3v) is 3.97. The summed E-state index contributed by atoms with van der Waals surface area (Å²) in [5.41, 5.74) is 1.77. The number of aryl methyl sites for hydroxylation is 2. The Kier molecular flexibility index (Phi) is 4.44. The summed E-state index contributed by atoms with van der Waals surface area (Å²) in [6.45, 7) is 2.04. The first kappa shape index (κ1) is 14.6. The molecule has 0 fully saturated rings. The van der Waals surface area contributed by atoms with Gasteiger partial charge in [0.1, 0.15) is 5.82 Å². The number of aromatic nitrogens is 2. The second kappa shape index (κ2) is 6.09. The molecule has 0 spiro atoms. The van der Waals surface area contributed by atoms with E-state index in [0.717, 1.165) is 22.7 Å². The quantitative estimate of drug-likeness (QED) is 0.861. The molecule has 4 nitrogen and oxygen atoms in total. The molecule has 0 saturated heterocycles. The lowest BCUT2D eigenvalue weighted by Crippen LogP contribution is -2.00. The maximum Gasteiger partial charge on any atom is 0.338 e. The van der Waals surface area contributed by atoms with Gasteiger partial charge in [0.25, 0.3) is 0 Å². The number of thioether (sulfide) groups is 1. The molecule has 0 unspecified atom stereocenters. The summed E-state index contributed by atoms with van der Waals surface area (Å²) in [6, 6.07) is 6.16. The van der Waals surface area contributed by atoms with Gasteiger partial charge in [0.15, 0.2) is 0 Å². The molecule has 0 saturated carbocycles. The molecule has 0 amide bonds. The van der Waals surface area contributed by atoms with E-state index in [9.17, 15) is 9.18 Å². The Bertz CT molecular complexity index is 640. The summed E-state index contributed by atoms with van der Waals surface area (Å²) < 4.78 is 15.1. The predicted octanol–water partition coefficient (Wildman–Crippen LogP) is 3.11. The molecule has 0 aliphatic rings. The van der Waals surface area contributed by atoms with Gasteiger partial charge in [0.05, 0.1) is 11.3 Å². The van der Waals surface area contributed by atoms with Gasteiger partial charge in [-0.3, -0.25) is 4.68 Å². The molecule has 2 rings (SSSR count). The van der Waals surface area contributed by atoms with Crippen molar-refractivity contribution in [1.82, 2.24) is 9.78 Å². The van der Waals surface area contributed by atoms with E-state index in [1.54, 1.807) is 6.07 Å². The molecular weight excluding hydrogens is 279 g/mol. The number of halogens is 1. The Morgan fingerprint density at radius 3 is 2.80 bits per heavy atom. The summed E-state index contributed by atoms with van der Waals surface area (Å²) in [5.74, 6) is -1.30. The first-order valence-corrected chi connectivity index (χ1v) is 7.17. The molecule has 1 N–H and O–H groups in total. The second-order valence-electron chi connectivity index (χ2n) is 4.34. The Morgan fingerprint density at radius 1 is 1.45 bits per heavy atom. The summed E-state index contributed by atoms with van der Waals surface area (Å²) in [5, 5.41) is 13.2. The van der Waals surface area contributed by atoms with Crippen LogP contribution in [-0.4, -0.2) is 20.9 Å². The maximum absolute atomic E-state index is 13.3. The monoisotopic (exact) mass is 294 g/mol. The van der Waals surface area contributed by atoms with Gasteiger partial charge in [-0.2, -0.15) is 5.10 Å². The van der Waals surface area contributed by atoms with Gasteiger partial charge >= 0.3 is 5.97 Å². The molecule has 0 radical (unpaired) electrons. The lowest BCUT2D eigenvalue weighted by Gasteiger charge is -2.04. The fourth-order valence-corrected chi connectivity index (χ4v) is 2.74. The van der Waals surface area contributed by atoms with Gasteiger partial charge in [-0.05, 0) is 30.7 Å². The van der Waals surface area contributed by atoms with Crippen LogP contribution in [0.4, 0.5) is 4.39 Å². The van der Waals surface area contributed by atoms with E-state index < -0.39 is 11.8 Å². The Morgan fingerprint density at radius 2 is 2.20 bits per heavy atom. The molecule has 106 valence electrons. The summed E-state index contributed by atoms with van der Waals surface area (Å²) >= 11 is 1.46. The smallest absolute Gasteiger partial charge is 0.338 e. The van der Waals surface area contributed by atoms with Gasteiger partial charge in [-0.15, -0.1) is 11.8 Å². The average Bonchev–Trinajstić information content (AvgIpc) is 2.78.